The molecule has 0 radical (unpaired) electrons. The number of benzene rings is 2. The highest BCUT2D eigenvalue weighted by Gasteiger charge is 2.16. The van der Waals surface area contributed by atoms with Gasteiger partial charge in [-0.3, -0.25) is 9.36 Å². The molecule has 2 aromatic carbocycles. The normalized spacial score (nSPS) is 10.8. The zero-order valence-corrected chi connectivity index (χ0v) is 15.8. The zero-order chi connectivity index (χ0) is 20.2. The van der Waals surface area contributed by atoms with E-state index in [2.05, 4.69) is 25.6 Å². The van der Waals surface area contributed by atoms with Gasteiger partial charge >= 0.3 is 5.69 Å². The van der Waals surface area contributed by atoms with Crippen molar-refractivity contribution >= 4 is 28.8 Å². The predicted molar refractivity (Wildman–Crippen MR) is 112 cm³/mol. The fourth-order valence-corrected chi connectivity index (χ4v) is 3.06. The summed E-state index contributed by atoms with van der Waals surface area (Å²) in [7, 11) is 0. The molecule has 8 heteroatoms. The second-order valence-electron chi connectivity index (χ2n) is 6.62. The summed E-state index contributed by atoms with van der Waals surface area (Å²) in [4.78, 5) is 35.9. The average Bonchev–Trinajstić information content (AvgIpc) is 3.03. The van der Waals surface area contributed by atoms with Crippen LogP contribution in [0.5, 0.6) is 0 Å². The molecule has 0 fully saturated rings. The van der Waals surface area contributed by atoms with Gasteiger partial charge in [-0.1, -0.05) is 60.7 Å². The van der Waals surface area contributed by atoms with Crippen LogP contribution in [-0.2, 0) is 17.9 Å². The molecule has 3 N–H and O–H groups in total. The Hall–Kier alpha value is -3.94. The van der Waals surface area contributed by atoms with Crippen LogP contribution in [0.2, 0.25) is 0 Å². The van der Waals surface area contributed by atoms with E-state index in [1.807, 2.05) is 60.7 Å². The standard InChI is InChI=1S/C21H20N6O2/c1-14(28)23-18-17-19(26-20(25-18)22-12-15-8-4-2-5-9-15)27(21(29)24-17)13-16-10-6-3-7-11-16/h2-11H,12-13H2,1H3,(H,24,29)(H2,22,23,25,26,28). The van der Waals surface area contributed by atoms with E-state index in [9.17, 15) is 9.59 Å². The van der Waals surface area contributed by atoms with Crippen LogP contribution in [0.1, 0.15) is 18.1 Å². The quantitative estimate of drug-likeness (QED) is 0.471. The number of nitrogens with one attached hydrogen (secondary N) is 3. The number of imidazole rings is 1. The lowest BCUT2D eigenvalue weighted by molar-refractivity contribution is -0.114. The number of amides is 1. The van der Waals surface area contributed by atoms with Gasteiger partial charge in [0.1, 0.15) is 5.52 Å². The van der Waals surface area contributed by atoms with E-state index in [1.165, 1.54) is 11.5 Å². The van der Waals surface area contributed by atoms with Gasteiger partial charge in [0.25, 0.3) is 0 Å². The maximum Gasteiger partial charge on any atom is 0.328 e. The number of hydrogen-bond acceptors (Lipinski definition) is 5. The lowest BCUT2D eigenvalue weighted by Gasteiger charge is -2.09. The highest BCUT2D eigenvalue weighted by Crippen LogP contribution is 2.20. The third kappa shape index (κ3) is 4.16. The van der Waals surface area contributed by atoms with Gasteiger partial charge in [-0.25, -0.2) is 4.79 Å². The largest absolute Gasteiger partial charge is 0.350 e. The van der Waals surface area contributed by atoms with Crippen LogP contribution < -0.4 is 16.3 Å². The zero-order valence-electron chi connectivity index (χ0n) is 15.8. The fraction of sp³-hybridized carbons (Fsp3) is 0.143. The number of hydrogen-bond donors (Lipinski definition) is 3. The predicted octanol–water partition coefficient (Wildman–Crippen LogP) is 2.74. The highest BCUT2D eigenvalue weighted by molar-refractivity contribution is 5.96. The number of aromatic amines is 1. The first-order valence-corrected chi connectivity index (χ1v) is 9.20. The van der Waals surface area contributed by atoms with E-state index < -0.39 is 0 Å². The van der Waals surface area contributed by atoms with Crippen LogP contribution in [-0.4, -0.2) is 25.4 Å². The number of H-pyrrole nitrogens is 1. The molecule has 0 atom stereocenters. The topological polar surface area (TPSA) is 105 Å². The van der Waals surface area contributed by atoms with Crippen molar-refractivity contribution < 1.29 is 4.79 Å². The number of rotatable bonds is 6. The van der Waals surface area contributed by atoms with Gasteiger partial charge < -0.3 is 15.6 Å². The number of anilines is 2. The Kier molecular flexibility index (Phi) is 5.07. The van der Waals surface area contributed by atoms with E-state index in [1.54, 1.807) is 0 Å². The van der Waals surface area contributed by atoms with Gasteiger partial charge in [0.15, 0.2) is 11.5 Å². The second kappa shape index (κ2) is 7.97. The minimum Gasteiger partial charge on any atom is -0.350 e. The highest BCUT2D eigenvalue weighted by atomic mass is 16.2. The fourth-order valence-electron chi connectivity index (χ4n) is 3.06. The van der Waals surface area contributed by atoms with Crippen molar-refractivity contribution in [2.24, 2.45) is 0 Å². The first-order valence-electron chi connectivity index (χ1n) is 9.20. The van der Waals surface area contributed by atoms with Crippen molar-refractivity contribution in [2.75, 3.05) is 10.6 Å². The van der Waals surface area contributed by atoms with Crippen LogP contribution in [0, 0.1) is 0 Å². The summed E-state index contributed by atoms with van der Waals surface area (Å²) in [6, 6.07) is 19.5. The van der Waals surface area contributed by atoms with Crippen LogP contribution in [0.4, 0.5) is 11.8 Å². The van der Waals surface area contributed by atoms with Gasteiger partial charge in [-0.2, -0.15) is 9.97 Å². The SMILES string of the molecule is CC(=O)Nc1nc(NCc2ccccc2)nc2c1[nH]c(=O)n2Cc1ccccc1. The van der Waals surface area contributed by atoms with E-state index in [0.717, 1.165) is 11.1 Å². The summed E-state index contributed by atoms with van der Waals surface area (Å²) < 4.78 is 1.53. The molecule has 146 valence electrons. The molecule has 8 nitrogen and oxygen atoms in total. The molecule has 0 unspecified atom stereocenters. The molecular formula is C21H20N6O2. The lowest BCUT2D eigenvalue weighted by atomic mass is 10.2. The van der Waals surface area contributed by atoms with Crippen molar-refractivity contribution in [1.82, 2.24) is 19.5 Å². The Morgan fingerprint density at radius 2 is 1.66 bits per heavy atom. The Balaban J connectivity index is 1.75. The third-order valence-electron chi connectivity index (χ3n) is 4.39. The summed E-state index contributed by atoms with van der Waals surface area (Å²) in [5.41, 5.74) is 2.53. The Morgan fingerprint density at radius 3 is 2.31 bits per heavy atom. The van der Waals surface area contributed by atoms with Gasteiger partial charge in [-0.05, 0) is 11.1 Å². The van der Waals surface area contributed by atoms with Crippen molar-refractivity contribution in [3.05, 3.63) is 82.3 Å². The maximum absolute atomic E-state index is 12.6. The van der Waals surface area contributed by atoms with Crippen LogP contribution in [0.25, 0.3) is 11.2 Å². The molecule has 2 aromatic heterocycles. The van der Waals surface area contributed by atoms with E-state index in [-0.39, 0.29) is 17.4 Å². The third-order valence-corrected chi connectivity index (χ3v) is 4.39. The molecule has 0 aliphatic rings. The average molecular weight is 388 g/mol. The van der Waals surface area contributed by atoms with E-state index >= 15 is 0 Å². The van der Waals surface area contributed by atoms with Crippen LogP contribution >= 0.6 is 0 Å². The summed E-state index contributed by atoms with van der Waals surface area (Å²) in [5.74, 6) is 0.309. The molecule has 0 saturated carbocycles. The summed E-state index contributed by atoms with van der Waals surface area (Å²) in [5, 5.41) is 5.84. The molecule has 0 aliphatic heterocycles. The number of carbonyl (C=O) groups is 1. The van der Waals surface area contributed by atoms with Gasteiger partial charge in [-0.15, -0.1) is 0 Å². The van der Waals surface area contributed by atoms with Crippen LogP contribution in [0.15, 0.2) is 65.5 Å². The van der Waals surface area contributed by atoms with Crippen molar-refractivity contribution in [2.45, 2.75) is 20.0 Å². The molecule has 4 rings (SSSR count). The molecule has 0 bridgehead atoms. The first kappa shape index (κ1) is 18.4. The lowest BCUT2D eigenvalue weighted by Crippen LogP contribution is -2.18. The molecule has 4 aromatic rings. The minimum absolute atomic E-state index is 0.266. The maximum atomic E-state index is 12.6. The smallest absolute Gasteiger partial charge is 0.328 e. The number of aromatic nitrogens is 4. The molecule has 29 heavy (non-hydrogen) atoms. The van der Waals surface area contributed by atoms with Gasteiger partial charge in [0, 0.05) is 13.5 Å². The van der Waals surface area contributed by atoms with Gasteiger partial charge in [0.05, 0.1) is 6.54 Å². The number of fused-ring (bicyclic) bond motifs is 1. The van der Waals surface area contributed by atoms with E-state index in [0.29, 0.717) is 30.2 Å². The van der Waals surface area contributed by atoms with Crippen LogP contribution in [0.3, 0.4) is 0 Å². The summed E-state index contributed by atoms with van der Waals surface area (Å²) in [6.45, 7) is 2.26. The molecule has 0 aliphatic carbocycles. The Morgan fingerprint density at radius 1 is 1.00 bits per heavy atom. The van der Waals surface area contributed by atoms with Crippen molar-refractivity contribution in [3.63, 3.8) is 0 Å². The first-order chi connectivity index (χ1) is 14.1. The Labute approximate surface area is 166 Å². The minimum atomic E-state index is -0.315. The monoisotopic (exact) mass is 388 g/mol. The molecule has 0 spiro atoms. The van der Waals surface area contributed by atoms with Crippen molar-refractivity contribution in [1.29, 1.82) is 0 Å². The number of carbonyl (C=O) groups excluding carboxylic acids is 1. The molecule has 0 saturated heterocycles. The van der Waals surface area contributed by atoms with Crippen molar-refractivity contribution in [3.8, 4) is 0 Å². The second-order valence-corrected chi connectivity index (χ2v) is 6.62. The summed E-state index contributed by atoms with van der Waals surface area (Å²) in [6.07, 6.45) is 0. The Bertz CT molecular complexity index is 1200. The molecular weight excluding hydrogens is 368 g/mol. The van der Waals surface area contributed by atoms with Gasteiger partial charge in [0.2, 0.25) is 11.9 Å². The molecule has 1 amide bonds. The number of nitrogens with zero attached hydrogens (tertiary/aromatic N) is 3. The summed E-state index contributed by atoms with van der Waals surface area (Å²) >= 11 is 0. The van der Waals surface area contributed by atoms with E-state index in [4.69, 9.17) is 0 Å². The molecule has 2 heterocycles.